The summed E-state index contributed by atoms with van der Waals surface area (Å²) in [6.07, 6.45) is 2.72. The lowest BCUT2D eigenvalue weighted by Crippen LogP contribution is -2.41. The molecule has 0 bridgehead atoms. The molecule has 106 valence electrons. The van der Waals surface area contributed by atoms with Gasteiger partial charge in [-0.1, -0.05) is 52.3 Å². The van der Waals surface area contributed by atoms with Crippen LogP contribution < -0.4 is 11.1 Å². The van der Waals surface area contributed by atoms with Crippen molar-refractivity contribution < 1.29 is 4.79 Å². The number of hydrogen-bond donors (Lipinski definition) is 2. The number of amides is 1. The van der Waals surface area contributed by atoms with Crippen LogP contribution in [0.3, 0.4) is 0 Å². The Bertz CT molecular complexity index is 407. The zero-order valence-corrected chi connectivity index (χ0v) is 12.5. The van der Waals surface area contributed by atoms with Crippen molar-refractivity contribution >= 4 is 11.6 Å². The monoisotopic (exact) mass is 262 g/mol. The number of nitrogens with one attached hydrogen (secondary N) is 1. The zero-order valence-electron chi connectivity index (χ0n) is 12.5. The molecule has 3 N–H and O–H groups in total. The van der Waals surface area contributed by atoms with Gasteiger partial charge in [0.25, 0.3) is 0 Å². The predicted octanol–water partition coefficient (Wildman–Crippen LogP) is 3.12. The third-order valence-corrected chi connectivity index (χ3v) is 3.81. The lowest BCUT2D eigenvalue weighted by Gasteiger charge is -2.20. The van der Waals surface area contributed by atoms with E-state index in [4.69, 9.17) is 5.73 Å². The number of anilines is 1. The smallest absolute Gasteiger partial charge is 0.241 e. The molecule has 0 spiro atoms. The molecule has 3 heteroatoms. The summed E-state index contributed by atoms with van der Waals surface area (Å²) in [6.45, 7) is 8.25. The Morgan fingerprint density at radius 2 is 1.74 bits per heavy atom. The number of para-hydroxylation sites is 1. The molecular weight excluding hydrogens is 236 g/mol. The maximum Gasteiger partial charge on any atom is 0.241 e. The molecule has 1 unspecified atom stereocenters. The van der Waals surface area contributed by atoms with E-state index in [1.807, 2.05) is 13.0 Å². The average Bonchev–Trinajstić information content (AvgIpc) is 2.45. The van der Waals surface area contributed by atoms with Gasteiger partial charge >= 0.3 is 0 Å². The molecule has 0 heterocycles. The van der Waals surface area contributed by atoms with Crippen LogP contribution in [0.25, 0.3) is 0 Å². The van der Waals surface area contributed by atoms with E-state index in [9.17, 15) is 4.79 Å². The van der Waals surface area contributed by atoms with E-state index >= 15 is 0 Å². The first kappa shape index (κ1) is 15.7. The van der Waals surface area contributed by atoms with Crippen molar-refractivity contribution in [3.8, 4) is 0 Å². The quantitative estimate of drug-likeness (QED) is 0.827. The lowest BCUT2D eigenvalue weighted by atomic mass is 9.98. The molecule has 0 saturated heterocycles. The minimum atomic E-state index is -0.445. The van der Waals surface area contributed by atoms with Gasteiger partial charge in [0.1, 0.15) is 0 Å². The molecule has 19 heavy (non-hydrogen) atoms. The van der Waals surface area contributed by atoms with Crippen molar-refractivity contribution in [1.29, 1.82) is 0 Å². The molecule has 0 aromatic heterocycles. The number of hydrogen-bond acceptors (Lipinski definition) is 2. The molecule has 1 amide bonds. The number of benzene rings is 1. The highest BCUT2D eigenvalue weighted by molar-refractivity contribution is 5.96. The summed E-state index contributed by atoms with van der Waals surface area (Å²) in [5.74, 6) is 0.115. The van der Waals surface area contributed by atoms with Crippen molar-refractivity contribution in [3.63, 3.8) is 0 Å². The Labute approximate surface area is 116 Å². The van der Waals surface area contributed by atoms with Gasteiger partial charge < -0.3 is 11.1 Å². The zero-order chi connectivity index (χ0) is 14.4. The van der Waals surface area contributed by atoms with Gasteiger partial charge in [0, 0.05) is 5.69 Å². The molecule has 2 atom stereocenters. The van der Waals surface area contributed by atoms with E-state index in [1.54, 1.807) is 0 Å². The van der Waals surface area contributed by atoms with Gasteiger partial charge in [0.2, 0.25) is 5.91 Å². The second-order valence-corrected chi connectivity index (χ2v) is 5.06. The van der Waals surface area contributed by atoms with Gasteiger partial charge in [-0.05, 0) is 29.9 Å². The topological polar surface area (TPSA) is 55.1 Å². The number of carbonyl (C=O) groups excluding carboxylic acids is 1. The summed E-state index contributed by atoms with van der Waals surface area (Å²) in [6, 6.07) is 5.72. The first-order valence-corrected chi connectivity index (χ1v) is 7.22. The molecule has 1 aromatic rings. The van der Waals surface area contributed by atoms with Crippen LogP contribution >= 0.6 is 0 Å². The van der Waals surface area contributed by atoms with E-state index in [2.05, 4.69) is 38.2 Å². The van der Waals surface area contributed by atoms with Crippen LogP contribution in [0.5, 0.6) is 0 Å². The molecule has 1 aromatic carbocycles. The minimum Gasteiger partial charge on any atom is -0.324 e. The Morgan fingerprint density at radius 1 is 1.21 bits per heavy atom. The van der Waals surface area contributed by atoms with Crippen LogP contribution in [0.15, 0.2) is 18.2 Å². The number of carbonyl (C=O) groups is 1. The van der Waals surface area contributed by atoms with Crippen LogP contribution in [0.4, 0.5) is 5.69 Å². The van der Waals surface area contributed by atoms with Gasteiger partial charge in [-0.2, -0.15) is 0 Å². The average molecular weight is 262 g/mol. The number of aryl methyl sites for hydroxylation is 2. The Kier molecular flexibility index (Phi) is 6.03. The third kappa shape index (κ3) is 3.80. The molecule has 1 rings (SSSR count). The Hall–Kier alpha value is -1.35. The van der Waals surface area contributed by atoms with Crippen molar-refractivity contribution in [1.82, 2.24) is 0 Å². The highest BCUT2D eigenvalue weighted by Crippen LogP contribution is 2.23. The van der Waals surface area contributed by atoms with Gasteiger partial charge in [-0.3, -0.25) is 4.79 Å². The molecule has 0 fully saturated rings. The summed E-state index contributed by atoms with van der Waals surface area (Å²) in [5, 5.41) is 3.03. The van der Waals surface area contributed by atoms with Crippen LogP contribution in [0.2, 0.25) is 0 Å². The van der Waals surface area contributed by atoms with E-state index in [1.165, 1.54) is 11.1 Å². The molecule has 0 saturated carbocycles. The molecule has 0 aliphatic heterocycles. The molecule has 0 radical (unpaired) electrons. The molecular formula is C16H26N2O. The fourth-order valence-electron chi connectivity index (χ4n) is 2.12. The Balaban J connectivity index is 2.95. The fourth-order valence-corrected chi connectivity index (χ4v) is 2.12. The van der Waals surface area contributed by atoms with Crippen LogP contribution in [0.1, 0.15) is 45.2 Å². The summed E-state index contributed by atoms with van der Waals surface area (Å²) in [5.41, 5.74) is 9.29. The lowest BCUT2D eigenvalue weighted by molar-refractivity contribution is -0.118. The van der Waals surface area contributed by atoms with Gasteiger partial charge in [0.15, 0.2) is 0 Å². The largest absolute Gasteiger partial charge is 0.324 e. The van der Waals surface area contributed by atoms with Crippen molar-refractivity contribution in [2.75, 3.05) is 5.32 Å². The van der Waals surface area contributed by atoms with E-state index in [-0.39, 0.29) is 11.8 Å². The number of rotatable bonds is 6. The first-order chi connectivity index (χ1) is 9.04. The van der Waals surface area contributed by atoms with Gasteiger partial charge in [-0.25, -0.2) is 0 Å². The van der Waals surface area contributed by atoms with Crippen LogP contribution in [-0.2, 0) is 17.6 Å². The summed E-state index contributed by atoms with van der Waals surface area (Å²) in [4.78, 5) is 12.2. The van der Waals surface area contributed by atoms with Gasteiger partial charge in [0.05, 0.1) is 6.04 Å². The predicted molar refractivity (Wildman–Crippen MR) is 81.3 cm³/mol. The molecule has 0 aliphatic rings. The summed E-state index contributed by atoms with van der Waals surface area (Å²) >= 11 is 0. The van der Waals surface area contributed by atoms with Crippen molar-refractivity contribution in [2.24, 2.45) is 11.7 Å². The minimum absolute atomic E-state index is 0.0787. The van der Waals surface area contributed by atoms with Crippen molar-refractivity contribution in [2.45, 2.75) is 53.0 Å². The standard InChI is InChI=1S/C16H26N2O/c1-5-11(4)14(17)16(19)18-15-12(6-2)9-8-10-13(15)7-3/h8-11,14H,5-7,17H2,1-4H3,(H,18,19)/t11?,14-/m0/s1. The number of nitrogens with two attached hydrogens (primary N) is 1. The molecule has 0 aliphatic carbocycles. The third-order valence-electron chi connectivity index (χ3n) is 3.81. The highest BCUT2D eigenvalue weighted by atomic mass is 16.2. The maximum absolute atomic E-state index is 12.2. The van der Waals surface area contributed by atoms with Crippen LogP contribution in [-0.4, -0.2) is 11.9 Å². The normalized spacial score (nSPS) is 13.9. The van der Waals surface area contributed by atoms with E-state index < -0.39 is 6.04 Å². The van der Waals surface area contributed by atoms with Crippen molar-refractivity contribution in [3.05, 3.63) is 29.3 Å². The molecule has 3 nitrogen and oxygen atoms in total. The second-order valence-electron chi connectivity index (χ2n) is 5.06. The first-order valence-electron chi connectivity index (χ1n) is 7.22. The SMILES string of the molecule is CCc1cccc(CC)c1NC(=O)[C@@H](N)C(C)CC. The fraction of sp³-hybridized carbons (Fsp3) is 0.562. The summed E-state index contributed by atoms with van der Waals surface area (Å²) in [7, 11) is 0. The maximum atomic E-state index is 12.2. The summed E-state index contributed by atoms with van der Waals surface area (Å²) < 4.78 is 0. The highest BCUT2D eigenvalue weighted by Gasteiger charge is 2.20. The van der Waals surface area contributed by atoms with E-state index in [0.29, 0.717) is 0 Å². The van der Waals surface area contributed by atoms with Gasteiger partial charge in [-0.15, -0.1) is 0 Å². The Morgan fingerprint density at radius 3 is 2.16 bits per heavy atom. The van der Waals surface area contributed by atoms with Crippen LogP contribution in [0, 0.1) is 5.92 Å². The second kappa shape index (κ2) is 7.29. The van der Waals surface area contributed by atoms with E-state index in [0.717, 1.165) is 24.9 Å².